The molecule has 0 N–H and O–H groups in total. The third-order valence-corrected chi connectivity index (χ3v) is 12.9. The number of benzene rings is 6. The molecule has 3 heterocycles. The molecule has 1 aliphatic heterocycles. The van der Waals surface area contributed by atoms with Gasteiger partial charge in [-0.2, -0.15) is 0 Å². The van der Waals surface area contributed by atoms with Crippen molar-refractivity contribution < 1.29 is 0 Å². The number of pyridine rings is 1. The molecule has 6 aromatic carbocycles. The van der Waals surface area contributed by atoms with E-state index in [1.165, 1.54) is 43.2 Å². The summed E-state index contributed by atoms with van der Waals surface area (Å²) in [6, 6.07) is 59.6. The Balaban J connectivity index is 1.13. The quantitative estimate of drug-likeness (QED) is 0.179. The Morgan fingerprint density at radius 1 is 0.397 bits per heavy atom. The third-order valence-electron chi connectivity index (χ3n) is 11.8. The first-order valence-corrected chi connectivity index (χ1v) is 21.0. The normalized spacial score (nSPS) is 13.8. The molecule has 0 amide bonds. The molecular weight excluding hydrogens is 723 g/mol. The predicted molar refractivity (Wildman–Crippen MR) is 240 cm³/mol. The molecule has 0 unspecified atom stereocenters. The average molecular weight is 768 g/mol. The summed E-state index contributed by atoms with van der Waals surface area (Å²) >= 11 is 1.86. The van der Waals surface area contributed by atoms with Gasteiger partial charge in [-0.05, 0) is 69.3 Å². The highest BCUT2D eigenvalue weighted by Crippen LogP contribution is 2.62. The first-order chi connectivity index (χ1) is 28.0. The molecule has 0 atom stereocenters. The van der Waals surface area contributed by atoms with E-state index in [0.717, 1.165) is 50.6 Å². The van der Waals surface area contributed by atoms with E-state index in [9.17, 15) is 0 Å². The van der Waals surface area contributed by atoms with E-state index in [1.54, 1.807) is 0 Å². The molecule has 10 rings (SSSR count). The van der Waals surface area contributed by atoms with Crippen LogP contribution in [-0.2, 0) is 16.2 Å². The molecule has 0 bridgehead atoms. The van der Waals surface area contributed by atoms with Crippen LogP contribution in [0.3, 0.4) is 0 Å². The Morgan fingerprint density at radius 2 is 0.948 bits per heavy atom. The third kappa shape index (κ3) is 5.84. The number of aromatic nitrogens is 3. The summed E-state index contributed by atoms with van der Waals surface area (Å²) in [4.78, 5) is 18.3. The molecule has 3 nitrogen and oxygen atoms in total. The molecule has 0 saturated heterocycles. The van der Waals surface area contributed by atoms with Gasteiger partial charge in [0.1, 0.15) is 0 Å². The zero-order valence-corrected chi connectivity index (χ0v) is 34.7. The molecule has 8 aromatic rings. The van der Waals surface area contributed by atoms with Gasteiger partial charge in [-0.25, -0.2) is 9.97 Å². The Labute approximate surface area is 346 Å². The molecule has 0 saturated carbocycles. The second-order valence-electron chi connectivity index (χ2n) is 17.6. The van der Waals surface area contributed by atoms with Gasteiger partial charge in [0.15, 0.2) is 5.82 Å². The van der Waals surface area contributed by atoms with Crippen LogP contribution in [0, 0.1) is 0 Å². The molecule has 2 aliphatic rings. The van der Waals surface area contributed by atoms with Gasteiger partial charge in [0.05, 0.1) is 22.5 Å². The van der Waals surface area contributed by atoms with E-state index in [0.29, 0.717) is 5.82 Å². The lowest BCUT2D eigenvalue weighted by Crippen LogP contribution is -2.32. The van der Waals surface area contributed by atoms with Crippen LogP contribution in [0.15, 0.2) is 174 Å². The van der Waals surface area contributed by atoms with Crippen molar-refractivity contribution in [3.05, 3.63) is 197 Å². The van der Waals surface area contributed by atoms with E-state index >= 15 is 0 Å². The maximum absolute atomic E-state index is 5.30. The van der Waals surface area contributed by atoms with Gasteiger partial charge in [0, 0.05) is 48.6 Å². The van der Waals surface area contributed by atoms with Crippen LogP contribution in [0.5, 0.6) is 0 Å². The maximum atomic E-state index is 5.30. The van der Waals surface area contributed by atoms with Gasteiger partial charge in [-0.1, -0.05) is 187 Å². The topological polar surface area (TPSA) is 38.7 Å². The molecule has 282 valence electrons. The summed E-state index contributed by atoms with van der Waals surface area (Å²) in [5, 5.41) is 0. The van der Waals surface area contributed by atoms with Crippen LogP contribution in [0.1, 0.15) is 75.2 Å². The highest BCUT2D eigenvalue weighted by Gasteiger charge is 2.50. The van der Waals surface area contributed by atoms with Crippen LogP contribution in [-0.4, -0.2) is 15.0 Å². The van der Waals surface area contributed by atoms with Crippen molar-refractivity contribution in [2.75, 3.05) is 0 Å². The molecule has 0 radical (unpaired) electrons. The predicted octanol–water partition coefficient (Wildman–Crippen LogP) is 14.0. The minimum absolute atomic E-state index is 0.0301. The van der Waals surface area contributed by atoms with E-state index in [1.807, 2.05) is 17.8 Å². The zero-order chi connectivity index (χ0) is 39.8. The lowest BCUT2D eigenvalue weighted by atomic mass is 9.67. The smallest absolute Gasteiger partial charge is 0.160 e. The molecule has 0 fully saturated rings. The summed E-state index contributed by atoms with van der Waals surface area (Å²) in [5.41, 5.74) is 16.7. The molecular formula is C54H45N3S. The van der Waals surface area contributed by atoms with Gasteiger partial charge < -0.3 is 0 Å². The molecule has 2 aromatic heterocycles. The van der Waals surface area contributed by atoms with Crippen molar-refractivity contribution in [3.8, 4) is 56.2 Å². The first kappa shape index (κ1) is 36.3. The number of nitrogens with zero attached hydrogens (tertiary/aromatic N) is 3. The second-order valence-corrected chi connectivity index (χ2v) is 18.7. The van der Waals surface area contributed by atoms with Crippen LogP contribution >= 0.6 is 11.8 Å². The van der Waals surface area contributed by atoms with E-state index < -0.39 is 5.41 Å². The van der Waals surface area contributed by atoms with Crippen molar-refractivity contribution >= 4 is 11.8 Å². The average Bonchev–Trinajstić information content (AvgIpc) is 3.53. The summed E-state index contributed by atoms with van der Waals surface area (Å²) in [6.45, 7) is 13.4. The summed E-state index contributed by atoms with van der Waals surface area (Å²) in [5.74, 6) is 0.706. The van der Waals surface area contributed by atoms with E-state index in [4.69, 9.17) is 15.0 Å². The number of fused-ring (bicyclic) bond motifs is 9. The fourth-order valence-electron chi connectivity index (χ4n) is 8.98. The van der Waals surface area contributed by atoms with Crippen LogP contribution in [0.4, 0.5) is 0 Å². The summed E-state index contributed by atoms with van der Waals surface area (Å²) < 4.78 is 0. The monoisotopic (exact) mass is 767 g/mol. The van der Waals surface area contributed by atoms with E-state index in [2.05, 4.69) is 199 Å². The van der Waals surface area contributed by atoms with Crippen molar-refractivity contribution in [1.29, 1.82) is 0 Å². The zero-order valence-electron chi connectivity index (χ0n) is 33.8. The fraction of sp³-hybridized carbons (Fsp3) is 0.167. The number of hydrogen-bond donors (Lipinski definition) is 0. The highest BCUT2D eigenvalue weighted by atomic mass is 32.2. The van der Waals surface area contributed by atoms with Crippen molar-refractivity contribution in [3.63, 3.8) is 0 Å². The minimum Gasteiger partial charge on any atom is -0.256 e. The molecule has 58 heavy (non-hydrogen) atoms. The second kappa shape index (κ2) is 13.5. The number of rotatable bonds is 4. The Hall–Kier alpha value is -6.10. The fourth-order valence-corrected chi connectivity index (χ4v) is 10.1. The standard InChI is InChI=1S/C54H45N3S/c1-52(2,3)49-31-29-38(50(57-49)53(4,5)6)34-24-26-35(27-25-34)45-33-46(56-51(55-45)36-16-8-7-9-17-36)37-28-30-48-44(32-37)54(43-22-14-15-23-47(43)58-48)41-20-12-10-18-39(41)40-19-11-13-21-42(40)54/h7-33H,1-6H3. The van der Waals surface area contributed by atoms with Crippen LogP contribution in [0.25, 0.3) is 56.2 Å². The Bertz CT molecular complexity index is 2830. The SMILES string of the molecule is CC(C)(C)c1ccc(-c2ccc(-c3cc(-c4ccc5c(c4)C4(c6ccccc6S5)c5ccccc5-c5ccccc54)nc(-c4ccccc4)n3)cc2)c(C(C)(C)C)n1. The van der Waals surface area contributed by atoms with Gasteiger partial charge in [-0.15, -0.1) is 0 Å². The Morgan fingerprint density at radius 3 is 1.60 bits per heavy atom. The minimum atomic E-state index is -0.458. The number of hydrogen-bond acceptors (Lipinski definition) is 4. The van der Waals surface area contributed by atoms with Gasteiger partial charge in [-0.3, -0.25) is 4.98 Å². The largest absolute Gasteiger partial charge is 0.256 e. The lowest BCUT2D eigenvalue weighted by molar-refractivity contribution is 0.532. The van der Waals surface area contributed by atoms with Crippen molar-refractivity contribution in [1.82, 2.24) is 15.0 Å². The van der Waals surface area contributed by atoms with Gasteiger partial charge in [0.2, 0.25) is 0 Å². The van der Waals surface area contributed by atoms with Crippen LogP contribution in [0.2, 0.25) is 0 Å². The van der Waals surface area contributed by atoms with Gasteiger partial charge in [0.25, 0.3) is 0 Å². The van der Waals surface area contributed by atoms with Crippen LogP contribution < -0.4 is 0 Å². The van der Waals surface area contributed by atoms with Crippen molar-refractivity contribution in [2.45, 2.75) is 67.6 Å². The molecule has 1 aliphatic carbocycles. The molecule has 4 heteroatoms. The lowest BCUT2D eigenvalue weighted by Gasteiger charge is -2.39. The Kier molecular flexibility index (Phi) is 8.44. The first-order valence-electron chi connectivity index (χ1n) is 20.2. The highest BCUT2D eigenvalue weighted by molar-refractivity contribution is 7.99. The van der Waals surface area contributed by atoms with E-state index in [-0.39, 0.29) is 10.8 Å². The molecule has 1 spiro atoms. The van der Waals surface area contributed by atoms with Gasteiger partial charge >= 0.3 is 0 Å². The maximum Gasteiger partial charge on any atom is 0.160 e. The summed E-state index contributed by atoms with van der Waals surface area (Å²) in [7, 11) is 0. The summed E-state index contributed by atoms with van der Waals surface area (Å²) in [6.07, 6.45) is 0. The van der Waals surface area contributed by atoms with Crippen molar-refractivity contribution in [2.24, 2.45) is 0 Å².